The van der Waals surface area contributed by atoms with E-state index in [1.807, 2.05) is 6.92 Å². The SMILES string of the molecule is CCOC(=O)C(C)(CC)CC(C)(CC(CC)C(=O)O)C(=O)OCCO. The maximum absolute atomic E-state index is 12.6. The molecular formula is C18H32O7. The summed E-state index contributed by atoms with van der Waals surface area (Å²) in [6.45, 7) is 8.34. The minimum absolute atomic E-state index is 0.0537. The van der Waals surface area contributed by atoms with E-state index < -0.39 is 34.7 Å². The van der Waals surface area contributed by atoms with Crippen molar-refractivity contribution in [2.24, 2.45) is 16.7 Å². The van der Waals surface area contributed by atoms with Crippen molar-refractivity contribution >= 4 is 17.9 Å². The largest absolute Gasteiger partial charge is 0.481 e. The molecular weight excluding hydrogens is 328 g/mol. The average Bonchev–Trinajstić information content (AvgIpc) is 2.57. The van der Waals surface area contributed by atoms with Gasteiger partial charge in [0.15, 0.2) is 0 Å². The summed E-state index contributed by atoms with van der Waals surface area (Å²) >= 11 is 0. The van der Waals surface area contributed by atoms with Gasteiger partial charge in [-0.25, -0.2) is 0 Å². The Morgan fingerprint density at radius 2 is 1.56 bits per heavy atom. The van der Waals surface area contributed by atoms with Crippen LogP contribution in [0, 0.1) is 16.7 Å². The Bertz CT molecular complexity index is 462. The molecule has 0 aliphatic heterocycles. The summed E-state index contributed by atoms with van der Waals surface area (Å²) < 4.78 is 10.2. The smallest absolute Gasteiger partial charge is 0.311 e. The maximum atomic E-state index is 12.6. The van der Waals surface area contributed by atoms with Gasteiger partial charge in [-0.3, -0.25) is 14.4 Å². The van der Waals surface area contributed by atoms with Crippen LogP contribution in [0.2, 0.25) is 0 Å². The molecule has 2 N–H and O–H groups in total. The van der Waals surface area contributed by atoms with Gasteiger partial charge in [0.2, 0.25) is 0 Å². The highest BCUT2D eigenvalue weighted by Crippen LogP contribution is 2.43. The molecule has 0 saturated carbocycles. The molecule has 0 saturated heterocycles. The fourth-order valence-electron chi connectivity index (χ4n) is 3.00. The van der Waals surface area contributed by atoms with Crippen LogP contribution in [0.3, 0.4) is 0 Å². The first-order chi connectivity index (χ1) is 11.6. The minimum Gasteiger partial charge on any atom is -0.481 e. The van der Waals surface area contributed by atoms with E-state index in [1.165, 1.54) is 0 Å². The monoisotopic (exact) mass is 360 g/mol. The van der Waals surface area contributed by atoms with E-state index in [4.69, 9.17) is 14.6 Å². The van der Waals surface area contributed by atoms with E-state index >= 15 is 0 Å². The highest BCUT2D eigenvalue weighted by atomic mass is 16.5. The lowest BCUT2D eigenvalue weighted by atomic mass is 9.67. The molecule has 146 valence electrons. The molecule has 7 heteroatoms. The molecule has 0 aliphatic carbocycles. The van der Waals surface area contributed by atoms with Crippen LogP contribution in [0.15, 0.2) is 0 Å². The van der Waals surface area contributed by atoms with Gasteiger partial charge in [-0.15, -0.1) is 0 Å². The van der Waals surface area contributed by atoms with Crippen LogP contribution < -0.4 is 0 Å². The quantitative estimate of drug-likeness (QED) is 0.514. The molecule has 25 heavy (non-hydrogen) atoms. The van der Waals surface area contributed by atoms with Crippen molar-refractivity contribution in [2.45, 2.75) is 60.3 Å². The van der Waals surface area contributed by atoms with E-state index in [0.29, 0.717) is 12.8 Å². The van der Waals surface area contributed by atoms with Crippen LogP contribution in [0.1, 0.15) is 60.3 Å². The molecule has 0 amide bonds. The minimum atomic E-state index is -1.17. The second-order valence-electron chi connectivity index (χ2n) is 6.88. The molecule has 0 bridgehead atoms. The third-order valence-electron chi connectivity index (χ3n) is 4.69. The summed E-state index contributed by atoms with van der Waals surface area (Å²) in [5.74, 6) is -2.74. The van der Waals surface area contributed by atoms with E-state index in [-0.39, 0.29) is 32.7 Å². The summed E-state index contributed by atoms with van der Waals surface area (Å²) in [6, 6.07) is 0. The summed E-state index contributed by atoms with van der Waals surface area (Å²) in [4.78, 5) is 36.4. The number of carbonyl (C=O) groups excluding carboxylic acids is 2. The lowest BCUT2D eigenvalue weighted by Crippen LogP contribution is -2.42. The van der Waals surface area contributed by atoms with Crippen LogP contribution in [0.5, 0.6) is 0 Å². The van der Waals surface area contributed by atoms with E-state index in [2.05, 4.69) is 0 Å². The van der Waals surface area contributed by atoms with Crippen LogP contribution in [-0.4, -0.2) is 47.9 Å². The van der Waals surface area contributed by atoms with Gasteiger partial charge in [0.1, 0.15) is 6.61 Å². The third kappa shape index (κ3) is 6.65. The maximum Gasteiger partial charge on any atom is 0.311 e. The normalized spacial score (nSPS) is 17.0. The Morgan fingerprint density at radius 1 is 1.00 bits per heavy atom. The Kier molecular flexibility index (Phi) is 9.70. The van der Waals surface area contributed by atoms with Crippen molar-refractivity contribution in [3.63, 3.8) is 0 Å². The van der Waals surface area contributed by atoms with Gasteiger partial charge in [-0.05, 0) is 46.5 Å². The molecule has 3 unspecified atom stereocenters. The number of carboxylic acid groups (broad SMARTS) is 1. The Hall–Kier alpha value is -1.63. The molecule has 0 aromatic rings. The fraction of sp³-hybridized carbons (Fsp3) is 0.833. The zero-order chi connectivity index (χ0) is 19.7. The van der Waals surface area contributed by atoms with Crippen molar-refractivity contribution in [1.29, 1.82) is 0 Å². The number of ether oxygens (including phenoxy) is 2. The first-order valence-electron chi connectivity index (χ1n) is 8.78. The number of carbonyl (C=O) groups is 3. The van der Waals surface area contributed by atoms with Crippen LogP contribution in [0.4, 0.5) is 0 Å². The van der Waals surface area contributed by atoms with E-state index in [0.717, 1.165) is 0 Å². The number of aliphatic carboxylic acids is 1. The van der Waals surface area contributed by atoms with E-state index in [1.54, 1.807) is 27.7 Å². The van der Waals surface area contributed by atoms with Gasteiger partial charge < -0.3 is 19.7 Å². The highest BCUT2D eigenvalue weighted by molar-refractivity contribution is 5.81. The lowest BCUT2D eigenvalue weighted by molar-refractivity contribution is -0.166. The Labute approximate surface area is 149 Å². The standard InChI is InChI=1S/C18H32O7/c1-6-13(14(20)21)11-18(5,16(23)25-10-9-19)12-17(4,7-2)15(22)24-8-3/h13,19H,6-12H2,1-5H3,(H,20,21). The van der Waals surface area contributed by atoms with Crippen molar-refractivity contribution in [1.82, 2.24) is 0 Å². The second-order valence-corrected chi connectivity index (χ2v) is 6.88. The van der Waals surface area contributed by atoms with Crippen molar-refractivity contribution < 1.29 is 34.1 Å². The lowest BCUT2D eigenvalue weighted by Gasteiger charge is -2.37. The first-order valence-corrected chi connectivity index (χ1v) is 8.78. The predicted octanol–water partition coefficient (Wildman–Crippen LogP) is 2.40. The second kappa shape index (κ2) is 10.4. The summed E-state index contributed by atoms with van der Waals surface area (Å²) in [6.07, 6.45) is 0.973. The number of hydrogen-bond donors (Lipinski definition) is 2. The molecule has 0 aromatic carbocycles. The van der Waals surface area contributed by atoms with Crippen molar-refractivity contribution in [3.05, 3.63) is 0 Å². The van der Waals surface area contributed by atoms with Crippen LogP contribution in [0.25, 0.3) is 0 Å². The third-order valence-corrected chi connectivity index (χ3v) is 4.69. The topological polar surface area (TPSA) is 110 Å². The van der Waals surface area contributed by atoms with Gasteiger partial charge in [-0.1, -0.05) is 13.8 Å². The number of carboxylic acids is 1. The van der Waals surface area contributed by atoms with Gasteiger partial charge in [0.25, 0.3) is 0 Å². The average molecular weight is 360 g/mol. The van der Waals surface area contributed by atoms with Gasteiger partial charge in [0.05, 0.1) is 30.0 Å². The Morgan fingerprint density at radius 3 is 1.96 bits per heavy atom. The molecule has 0 fully saturated rings. The molecule has 0 heterocycles. The van der Waals surface area contributed by atoms with Crippen molar-refractivity contribution in [3.8, 4) is 0 Å². The molecule has 3 atom stereocenters. The number of rotatable bonds is 12. The molecule has 0 spiro atoms. The summed E-state index contributed by atoms with van der Waals surface area (Å²) in [7, 11) is 0. The highest BCUT2D eigenvalue weighted by Gasteiger charge is 2.47. The zero-order valence-electron chi connectivity index (χ0n) is 16.0. The molecule has 0 aromatic heterocycles. The number of aliphatic hydroxyl groups excluding tert-OH is 1. The number of aliphatic hydroxyl groups is 1. The molecule has 7 nitrogen and oxygen atoms in total. The Balaban J connectivity index is 5.66. The van der Waals surface area contributed by atoms with E-state index in [9.17, 15) is 19.5 Å². The van der Waals surface area contributed by atoms with Gasteiger partial charge in [0, 0.05) is 0 Å². The molecule has 0 rings (SSSR count). The van der Waals surface area contributed by atoms with Crippen LogP contribution >= 0.6 is 0 Å². The van der Waals surface area contributed by atoms with Crippen molar-refractivity contribution in [2.75, 3.05) is 19.8 Å². The zero-order valence-corrected chi connectivity index (χ0v) is 16.0. The van der Waals surface area contributed by atoms with Crippen LogP contribution in [-0.2, 0) is 23.9 Å². The van der Waals surface area contributed by atoms with Gasteiger partial charge in [-0.2, -0.15) is 0 Å². The first kappa shape index (κ1) is 23.4. The number of hydrogen-bond acceptors (Lipinski definition) is 6. The molecule has 0 radical (unpaired) electrons. The predicted molar refractivity (Wildman–Crippen MR) is 91.8 cm³/mol. The van der Waals surface area contributed by atoms with Gasteiger partial charge >= 0.3 is 17.9 Å². The molecule has 0 aliphatic rings. The summed E-state index contributed by atoms with van der Waals surface area (Å²) in [5, 5.41) is 18.2. The summed E-state index contributed by atoms with van der Waals surface area (Å²) in [5.41, 5.74) is -2.11. The number of esters is 2. The fourth-order valence-corrected chi connectivity index (χ4v) is 3.00.